The highest BCUT2D eigenvalue weighted by Crippen LogP contribution is 2.21. The summed E-state index contributed by atoms with van der Waals surface area (Å²) in [7, 11) is 0. The minimum atomic E-state index is -0.682. The molecule has 0 aliphatic rings. The third kappa shape index (κ3) is 7.66. The summed E-state index contributed by atoms with van der Waals surface area (Å²) in [4.78, 5) is 26.5. The van der Waals surface area contributed by atoms with E-state index < -0.39 is 6.04 Å². The van der Waals surface area contributed by atoms with E-state index in [0.717, 1.165) is 10.6 Å². The number of phenolic OH excluding ortho intramolecular Hbond substituents is 1. The Balaban J connectivity index is 2.05. The number of hydrogen-bond donors (Lipinski definition) is 3. The van der Waals surface area contributed by atoms with Gasteiger partial charge in [-0.05, 0) is 36.4 Å². The van der Waals surface area contributed by atoms with Crippen LogP contribution in [-0.2, 0) is 4.79 Å². The van der Waals surface area contributed by atoms with Crippen LogP contribution < -0.4 is 10.6 Å². The van der Waals surface area contributed by atoms with Gasteiger partial charge in [-0.3, -0.25) is 9.59 Å². The van der Waals surface area contributed by atoms with E-state index in [2.05, 4.69) is 24.5 Å². The van der Waals surface area contributed by atoms with Crippen LogP contribution in [0.5, 0.6) is 5.75 Å². The molecular weight excluding hydrogens is 404 g/mol. The van der Waals surface area contributed by atoms with E-state index >= 15 is 0 Å². The van der Waals surface area contributed by atoms with Crippen molar-refractivity contribution in [3.05, 3.63) is 59.7 Å². The summed E-state index contributed by atoms with van der Waals surface area (Å²) < 4.78 is 0. The zero-order valence-electron chi connectivity index (χ0n) is 17.0. The minimum Gasteiger partial charge on any atom is -0.508 e. The summed E-state index contributed by atoms with van der Waals surface area (Å²) >= 11 is 3.29. The van der Waals surface area contributed by atoms with Crippen molar-refractivity contribution in [1.29, 1.82) is 0 Å². The van der Waals surface area contributed by atoms with Crippen LogP contribution >= 0.6 is 23.5 Å². The lowest BCUT2D eigenvalue weighted by atomic mass is 10.1. The lowest BCUT2D eigenvalue weighted by Gasteiger charge is -2.19. The van der Waals surface area contributed by atoms with Gasteiger partial charge in [0.05, 0.1) is 0 Å². The first-order valence-electron chi connectivity index (χ1n) is 9.55. The monoisotopic (exact) mass is 432 g/mol. The van der Waals surface area contributed by atoms with Crippen LogP contribution in [-0.4, -0.2) is 46.3 Å². The molecule has 0 aliphatic heterocycles. The summed E-state index contributed by atoms with van der Waals surface area (Å²) in [6.07, 6.45) is 0. The van der Waals surface area contributed by atoms with Crippen molar-refractivity contribution in [2.24, 2.45) is 0 Å². The second-order valence-corrected chi connectivity index (χ2v) is 9.59. The molecular formula is C22H28N2O3S2. The molecule has 0 fully saturated rings. The molecule has 0 saturated heterocycles. The first-order chi connectivity index (χ1) is 13.9. The first-order valence-corrected chi connectivity index (χ1v) is 11.6. The van der Waals surface area contributed by atoms with Crippen molar-refractivity contribution in [2.75, 3.05) is 18.1 Å². The van der Waals surface area contributed by atoms with Gasteiger partial charge in [0.2, 0.25) is 5.91 Å². The van der Waals surface area contributed by atoms with Crippen molar-refractivity contribution in [3.63, 3.8) is 0 Å². The second kappa shape index (κ2) is 11.8. The molecule has 0 heterocycles. The number of amides is 2. The van der Waals surface area contributed by atoms with Crippen molar-refractivity contribution in [2.45, 2.75) is 37.0 Å². The van der Waals surface area contributed by atoms with Crippen molar-refractivity contribution >= 4 is 35.3 Å². The fraction of sp³-hybridized carbons (Fsp3) is 0.364. The van der Waals surface area contributed by atoms with Crippen LogP contribution in [0.4, 0.5) is 0 Å². The third-order valence-electron chi connectivity index (χ3n) is 4.18. The highest BCUT2D eigenvalue weighted by molar-refractivity contribution is 7.99. The average Bonchev–Trinajstić information content (AvgIpc) is 2.70. The molecule has 2 aromatic carbocycles. The zero-order chi connectivity index (χ0) is 21.2. The van der Waals surface area contributed by atoms with Gasteiger partial charge in [0, 0.05) is 34.1 Å². The van der Waals surface area contributed by atoms with Crippen LogP contribution in [0, 0.1) is 6.92 Å². The topological polar surface area (TPSA) is 78.4 Å². The number of rotatable bonds is 10. The maximum Gasteiger partial charge on any atom is 0.252 e. The Morgan fingerprint density at radius 2 is 1.79 bits per heavy atom. The summed E-state index contributed by atoms with van der Waals surface area (Å²) in [5.74, 6) is 0.717. The molecule has 156 valence electrons. The molecule has 5 nitrogen and oxygen atoms in total. The molecule has 3 N–H and O–H groups in total. The molecule has 0 unspecified atom stereocenters. The number of nitrogens with one attached hydrogen (secondary N) is 2. The number of thioether (sulfide) groups is 2. The standard InChI is InChI=1S/C22H28N2O3S2/c1-15(2)28-13-12-23-22(27)19(14-29-17-8-5-4-6-9-17)24-21(26)18-10-7-11-20(25)16(18)3/h4-11,15,19,25H,12-14H2,1-3H3,(H,23,27)(H,24,26)/t19-/m0/s1. The Kier molecular flexibility index (Phi) is 9.41. The van der Waals surface area contributed by atoms with Gasteiger partial charge in [0.1, 0.15) is 11.8 Å². The van der Waals surface area contributed by atoms with Gasteiger partial charge >= 0.3 is 0 Å². The number of carbonyl (C=O) groups is 2. The number of hydrogen-bond acceptors (Lipinski definition) is 5. The van der Waals surface area contributed by atoms with Gasteiger partial charge in [0.25, 0.3) is 5.91 Å². The maximum atomic E-state index is 12.7. The van der Waals surface area contributed by atoms with Gasteiger partial charge < -0.3 is 15.7 Å². The quantitative estimate of drug-likeness (QED) is 0.393. The molecule has 7 heteroatoms. The predicted molar refractivity (Wildman–Crippen MR) is 122 cm³/mol. The highest BCUT2D eigenvalue weighted by Gasteiger charge is 2.23. The van der Waals surface area contributed by atoms with E-state index in [9.17, 15) is 14.7 Å². The normalized spacial score (nSPS) is 11.9. The SMILES string of the molecule is Cc1c(O)cccc1C(=O)N[C@@H](CSc1ccccc1)C(=O)NCCSC(C)C. The number of aromatic hydroxyl groups is 1. The molecule has 0 saturated carbocycles. The van der Waals surface area contributed by atoms with Crippen LogP contribution in [0.3, 0.4) is 0 Å². The lowest BCUT2D eigenvalue weighted by Crippen LogP contribution is -2.48. The summed E-state index contributed by atoms with van der Waals surface area (Å²) in [5.41, 5.74) is 0.857. The van der Waals surface area contributed by atoms with Crippen LogP contribution in [0.25, 0.3) is 0 Å². The van der Waals surface area contributed by atoms with Gasteiger partial charge in [-0.1, -0.05) is 38.1 Å². The molecule has 2 rings (SSSR count). The van der Waals surface area contributed by atoms with Crippen LogP contribution in [0.2, 0.25) is 0 Å². The molecule has 1 atom stereocenters. The van der Waals surface area contributed by atoms with E-state index in [1.165, 1.54) is 17.8 Å². The van der Waals surface area contributed by atoms with Crippen LogP contribution in [0.15, 0.2) is 53.4 Å². The zero-order valence-corrected chi connectivity index (χ0v) is 18.6. The molecule has 0 radical (unpaired) electrons. The fourth-order valence-corrected chi connectivity index (χ4v) is 4.21. The number of benzene rings is 2. The lowest BCUT2D eigenvalue weighted by molar-refractivity contribution is -0.122. The maximum absolute atomic E-state index is 12.7. The smallest absolute Gasteiger partial charge is 0.252 e. The highest BCUT2D eigenvalue weighted by atomic mass is 32.2. The molecule has 0 aromatic heterocycles. The molecule has 2 amide bonds. The molecule has 0 aliphatic carbocycles. The Morgan fingerprint density at radius 1 is 1.07 bits per heavy atom. The van der Waals surface area contributed by atoms with E-state index in [-0.39, 0.29) is 17.6 Å². The summed E-state index contributed by atoms with van der Waals surface area (Å²) in [6, 6.07) is 13.9. The Morgan fingerprint density at radius 3 is 2.48 bits per heavy atom. The van der Waals surface area contributed by atoms with Gasteiger partial charge in [-0.25, -0.2) is 0 Å². The Hall–Kier alpha value is -2.12. The Bertz CT molecular complexity index is 813. The van der Waals surface area contributed by atoms with E-state index in [1.54, 1.807) is 30.8 Å². The minimum absolute atomic E-state index is 0.0584. The Labute approximate surface area is 181 Å². The summed E-state index contributed by atoms with van der Waals surface area (Å²) in [6.45, 7) is 6.46. The van der Waals surface area contributed by atoms with E-state index in [4.69, 9.17) is 0 Å². The molecule has 2 aromatic rings. The first kappa shape index (κ1) is 23.2. The van der Waals surface area contributed by atoms with E-state index in [1.807, 2.05) is 30.3 Å². The number of carbonyl (C=O) groups excluding carboxylic acids is 2. The van der Waals surface area contributed by atoms with Gasteiger partial charge in [-0.2, -0.15) is 11.8 Å². The predicted octanol–water partition coefficient (Wildman–Crippen LogP) is 3.85. The largest absolute Gasteiger partial charge is 0.508 e. The third-order valence-corrected chi connectivity index (χ3v) is 6.40. The van der Waals surface area contributed by atoms with Crippen molar-refractivity contribution < 1.29 is 14.7 Å². The average molecular weight is 433 g/mol. The molecule has 0 spiro atoms. The molecule has 0 bridgehead atoms. The van der Waals surface area contributed by atoms with Crippen molar-refractivity contribution in [3.8, 4) is 5.75 Å². The fourth-order valence-electron chi connectivity index (χ4n) is 2.58. The van der Waals surface area contributed by atoms with E-state index in [0.29, 0.717) is 28.7 Å². The second-order valence-electron chi connectivity index (χ2n) is 6.81. The van der Waals surface area contributed by atoms with Gasteiger partial charge in [0.15, 0.2) is 0 Å². The van der Waals surface area contributed by atoms with Crippen molar-refractivity contribution in [1.82, 2.24) is 10.6 Å². The molecule has 29 heavy (non-hydrogen) atoms. The van der Waals surface area contributed by atoms with Gasteiger partial charge in [-0.15, -0.1) is 11.8 Å². The number of phenols is 1. The summed E-state index contributed by atoms with van der Waals surface area (Å²) in [5, 5.41) is 16.1. The van der Waals surface area contributed by atoms with Crippen LogP contribution in [0.1, 0.15) is 29.8 Å².